The predicted octanol–water partition coefficient (Wildman–Crippen LogP) is 0.924. The van der Waals surface area contributed by atoms with Gasteiger partial charge in [-0.2, -0.15) is 4.39 Å². The van der Waals surface area contributed by atoms with Crippen LogP contribution in [0.4, 0.5) is 8.78 Å². The summed E-state index contributed by atoms with van der Waals surface area (Å²) in [6.07, 6.45) is 0. The van der Waals surface area contributed by atoms with E-state index in [0.29, 0.717) is 0 Å². The van der Waals surface area contributed by atoms with E-state index in [2.05, 4.69) is 0 Å². The predicted molar refractivity (Wildman–Crippen MR) is 67.1 cm³/mol. The Morgan fingerprint density at radius 3 is 2.16 bits per heavy atom. The highest BCUT2D eigenvalue weighted by atomic mass is 19.2. The van der Waals surface area contributed by atoms with E-state index in [0.717, 1.165) is 12.1 Å². The van der Waals surface area contributed by atoms with Gasteiger partial charge in [-0.15, -0.1) is 0 Å². The lowest BCUT2D eigenvalue weighted by molar-refractivity contribution is -0.0983. The van der Waals surface area contributed by atoms with Gasteiger partial charge >= 0.3 is 7.12 Å². The number of aliphatic hydroxyl groups is 1. The van der Waals surface area contributed by atoms with Crippen molar-refractivity contribution in [2.75, 3.05) is 0 Å². The molecular weight excluding hydrogens is 257 g/mol. The summed E-state index contributed by atoms with van der Waals surface area (Å²) >= 11 is 0. The number of rotatable bonds is 4. The molecule has 0 spiro atoms. The first-order valence-corrected chi connectivity index (χ1v) is 5.72. The number of phenolic OH excluding ortho intramolecular Hbond substituents is 1. The highest BCUT2D eigenvalue weighted by Crippen LogP contribution is 2.26. The van der Waals surface area contributed by atoms with Crippen LogP contribution in [0.15, 0.2) is 12.1 Å². The third kappa shape index (κ3) is 3.23. The molecule has 0 saturated carbocycles. The van der Waals surface area contributed by atoms with Crippen LogP contribution >= 0.6 is 0 Å². The van der Waals surface area contributed by atoms with Crippen LogP contribution in [0.25, 0.3) is 0 Å². The lowest BCUT2D eigenvalue weighted by Crippen LogP contribution is -2.53. The SMILES string of the molecule is CC(C)(O)C(C)(C)OB(O)c1ccc(F)c(F)c1O. The number of benzene rings is 1. The zero-order valence-corrected chi connectivity index (χ0v) is 11.2. The normalized spacial score (nSPS) is 12.6. The quantitative estimate of drug-likeness (QED) is 0.714. The Kier molecular flexibility index (Phi) is 4.24. The minimum absolute atomic E-state index is 0.309. The van der Waals surface area contributed by atoms with E-state index in [1.807, 2.05) is 0 Å². The minimum Gasteiger partial charge on any atom is -0.505 e. The topological polar surface area (TPSA) is 69.9 Å². The fraction of sp³-hybridized carbons (Fsp3) is 0.500. The first-order chi connectivity index (χ1) is 8.47. The summed E-state index contributed by atoms with van der Waals surface area (Å²) in [6.45, 7) is 6.00. The molecule has 0 unspecified atom stereocenters. The molecule has 0 atom stereocenters. The molecule has 0 aliphatic rings. The van der Waals surface area contributed by atoms with Gasteiger partial charge in [-0.3, -0.25) is 0 Å². The van der Waals surface area contributed by atoms with Crippen LogP contribution in [0.1, 0.15) is 27.7 Å². The number of phenols is 1. The molecule has 0 heterocycles. The van der Waals surface area contributed by atoms with Crippen LogP contribution in [0, 0.1) is 11.6 Å². The minimum atomic E-state index is -1.70. The van der Waals surface area contributed by atoms with Crippen molar-refractivity contribution >= 4 is 12.6 Å². The van der Waals surface area contributed by atoms with Crippen molar-refractivity contribution in [1.82, 2.24) is 0 Å². The van der Waals surface area contributed by atoms with Crippen molar-refractivity contribution in [3.63, 3.8) is 0 Å². The zero-order valence-electron chi connectivity index (χ0n) is 11.2. The van der Waals surface area contributed by atoms with E-state index in [9.17, 15) is 24.0 Å². The molecule has 1 aromatic carbocycles. The fourth-order valence-corrected chi connectivity index (χ4v) is 1.24. The lowest BCUT2D eigenvalue weighted by Gasteiger charge is -2.38. The third-order valence-electron chi connectivity index (χ3n) is 3.25. The van der Waals surface area contributed by atoms with E-state index in [1.54, 1.807) is 0 Å². The van der Waals surface area contributed by atoms with Gasteiger partial charge in [0.1, 0.15) is 0 Å². The van der Waals surface area contributed by atoms with Gasteiger partial charge in [0.15, 0.2) is 17.4 Å². The summed E-state index contributed by atoms with van der Waals surface area (Å²) in [5.41, 5.74) is -2.78. The molecule has 7 heteroatoms. The van der Waals surface area contributed by atoms with Crippen molar-refractivity contribution in [2.45, 2.75) is 38.9 Å². The third-order valence-corrected chi connectivity index (χ3v) is 3.25. The average Bonchev–Trinajstić information content (AvgIpc) is 2.23. The second-order valence-corrected chi connectivity index (χ2v) is 5.34. The maximum Gasteiger partial charge on any atom is 0.495 e. The Morgan fingerprint density at radius 1 is 1.16 bits per heavy atom. The fourth-order valence-electron chi connectivity index (χ4n) is 1.24. The molecule has 0 radical (unpaired) electrons. The molecule has 1 aromatic rings. The summed E-state index contributed by atoms with van der Waals surface area (Å²) < 4.78 is 31.3. The zero-order chi connectivity index (χ0) is 15.0. The van der Waals surface area contributed by atoms with E-state index in [-0.39, 0.29) is 5.46 Å². The van der Waals surface area contributed by atoms with Crippen LogP contribution in [-0.2, 0) is 4.65 Å². The molecule has 0 bridgehead atoms. The van der Waals surface area contributed by atoms with E-state index >= 15 is 0 Å². The van der Waals surface area contributed by atoms with Crippen molar-refractivity contribution in [3.8, 4) is 5.75 Å². The van der Waals surface area contributed by atoms with Crippen LogP contribution in [-0.4, -0.2) is 33.6 Å². The monoisotopic (exact) mass is 274 g/mol. The molecule has 0 aliphatic heterocycles. The maximum atomic E-state index is 13.2. The first kappa shape index (κ1) is 15.9. The molecular formula is C12H17BF2O4. The average molecular weight is 274 g/mol. The standard InChI is InChI=1S/C12H17BF2O4/c1-11(2,17)12(3,4)19-13(18)7-5-6-8(14)9(15)10(7)16/h5-6,16-18H,1-4H3. The van der Waals surface area contributed by atoms with Gasteiger partial charge in [0.05, 0.1) is 11.2 Å². The second kappa shape index (κ2) is 5.07. The van der Waals surface area contributed by atoms with Gasteiger partial charge in [-0.25, -0.2) is 4.39 Å². The second-order valence-electron chi connectivity index (χ2n) is 5.34. The molecule has 0 saturated heterocycles. The highest BCUT2D eigenvalue weighted by Gasteiger charge is 2.40. The molecule has 1 rings (SSSR count). The van der Waals surface area contributed by atoms with Crippen molar-refractivity contribution in [2.24, 2.45) is 0 Å². The van der Waals surface area contributed by atoms with Gasteiger partial charge < -0.3 is 19.9 Å². The first-order valence-electron chi connectivity index (χ1n) is 5.72. The smallest absolute Gasteiger partial charge is 0.495 e. The van der Waals surface area contributed by atoms with Crippen LogP contribution in [0.3, 0.4) is 0 Å². The summed E-state index contributed by atoms with van der Waals surface area (Å²) in [6, 6.07) is 1.78. The molecule has 0 fully saturated rings. The number of aromatic hydroxyl groups is 1. The Labute approximate surface area is 110 Å². The van der Waals surface area contributed by atoms with Gasteiger partial charge in [0.25, 0.3) is 0 Å². The number of halogens is 2. The van der Waals surface area contributed by atoms with Gasteiger partial charge in [0.2, 0.25) is 0 Å². The summed E-state index contributed by atoms with van der Waals surface area (Å²) in [7, 11) is -1.70. The Balaban J connectivity index is 3.03. The van der Waals surface area contributed by atoms with Crippen LogP contribution in [0.5, 0.6) is 5.75 Å². The van der Waals surface area contributed by atoms with Crippen LogP contribution in [0.2, 0.25) is 0 Å². The molecule has 106 valence electrons. The summed E-state index contributed by atoms with van der Waals surface area (Å²) in [5, 5.41) is 29.1. The summed E-state index contributed by atoms with van der Waals surface area (Å²) in [5.74, 6) is -3.70. The highest BCUT2D eigenvalue weighted by molar-refractivity contribution is 6.61. The molecule has 19 heavy (non-hydrogen) atoms. The van der Waals surface area contributed by atoms with Crippen molar-refractivity contribution < 1.29 is 28.7 Å². The van der Waals surface area contributed by atoms with E-state index in [1.165, 1.54) is 27.7 Å². The molecule has 4 nitrogen and oxygen atoms in total. The van der Waals surface area contributed by atoms with Gasteiger partial charge in [-0.1, -0.05) is 6.07 Å². The summed E-state index contributed by atoms with van der Waals surface area (Å²) in [4.78, 5) is 0. The molecule has 0 aliphatic carbocycles. The number of hydrogen-bond acceptors (Lipinski definition) is 4. The molecule has 3 N–H and O–H groups in total. The largest absolute Gasteiger partial charge is 0.505 e. The number of hydrogen-bond donors (Lipinski definition) is 3. The Hall–Kier alpha value is -1.18. The molecule has 0 aromatic heterocycles. The lowest BCUT2D eigenvalue weighted by atomic mass is 9.76. The van der Waals surface area contributed by atoms with E-state index in [4.69, 9.17) is 4.65 Å². The maximum absolute atomic E-state index is 13.2. The van der Waals surface area contributed by atoms with E-state index < -0.39 is 35.7 Å². The van der Waals surface area contributed by atoms with Gasteiger partial charge in [0, 0.05) is 5.46 Å². The van der Waals surface area contributed by atoms with Gasteiger partial charge in [-0.05, 0) is 33.8 Å². The van der Waals surface area contributed by atoms with Crippen LogP contribution < -0.4 is 5.46 Å². The molecule has 0 amide bonds. The Morgan fingerprint density at radius 2 is 1.68 bits per heavy atom. The Bertz CT molecular complexity index is 472. The van der Waals surface area contributed by atoms with Crippen molar-refractivity contribution in [3.05, 3.63) is 23.8 Å². The van der Waals surface area contributed by atoms with Crippen molar-refractivity contribution in [1.29, 1.82) is 0 Å².